The monoisotopic (exact) mass is 362 g/mol. The smallest absolute Gasteiger partial charge is 0.242 e. The van der Waals surface area contributed by atoms with Gasteiger partial charge in [0.2, 0.25) is 5.91 Å². The van der Waals surface area contributed by atoms with Crippen LogP contribution in [-0.4, -0.2) is 19.1 Å². The Bertz CT molecular complexity index is 612. The number of ether oxygens (including phenoxy) is 1. The van der Waals surface area contributed by atoms with E-state index in [-0.39, 0.29) is 11.9 Å². The maximum absolute atomic E-state index is 12.1. The summed E-state index contributed by atoms with van der Waals surface area (Å²) in [5.41, 5.74) is 1.94. The lowest BCUT2D eigenvalue weighted by Gasteiger charge is -2.15. The van der Waals surface area contributed by atoms with Crippen molar-refractivity contribution in [2.75, 3.05) is 12.4 Å². The van der Waals surface area contributed by atoms with E-state index < -0.39 is 0 Å². The van der Waals surface area contributed by atoms with Crippen LogP contribution in [0.1, 0.15) is 12.5 Å². The molecule has 0 aliphatic rings. The lowest BCUT2D eigenvalue weighted by atomic mass is 10.2. The number of rotatable bonds is 6. The topological polar surface area (TPSA) is 50.4 Å². The zero-order chi connectivity index (χ0) is 15.9. The quantitative estimate of drug-likeness (QED) is 0.825. The van der Waals surface area contributed by atoms with Crippen LogP contribution in [0.5, 0.6) is 5.75 Å². The minimum atomic E-state index is -0.306. The van der Waals surface area contributed by atoms with Crippen LogP contribution in [0.3, 0.4) is 0 Å². The molecule has 0 heterocycles. The SMILES string of the molecule is COc1ccc(CNC(=O)[C@@H](C)Nc2ccc(Br)cc2)cc1. The molecule has 2 aromatic rings. The van der Waals surface area contributed by atoms with Gasteiger partial charge in [-0.1, -0.05) is 28.1 Å². The second-order valence-corrected chi connectivity index (χ2v) is 5.85. The second-order valence-electron chi connectivity index (χ2n) is 4.94. The number of amides is 1. The first-order chi connectivity index (χ1) is 10.6. The van der Waals surface area contributed by atoms with Gasteiger partial charge in [0.05, 0.1) is 7.11 Å². The molecule has 1 amide bonds. The number of halogens is 1. The first-order valence-corrected chi connectivity index (χ1v) is 7.80. The van der Waals surface area contributed by atoms with Crippen molar-refractivity contribution < 1.29 is 9.53 Å². The van der Waals surface area contributed by atoms with Gasteiger partial charge in [-0.2, -0.15) is 0 Å². The van der Waals surface area contributed by atoms with Gasteiger partial charge < -0.3 is 15.4 Å². The summed E-state index contributed by atoms with van der Waals surface area (Å²) in [6.45, 7) is 2.33. The van der Waals surface area contributed by atoms with Crippen LogP contribution >= 0.6 is 15.9 Å². The molecule has 4 nitrogen and oxygen atoms in total. The van der Waals surface area contributed by atoms with E-state index in [1.54, 1.807) is 7.11 Å². The van der Waals surface area contributed by atoms with Gasteiger partial charge in [0, 0.05) is 16.7 Å². The fourth-order valence-corrected chi connectivity index (χ4v) is 2.21. The summed E-state index contributed by atoms with van der Waals surface area (Å²) >= 11 is 3.39. The van der Waals surface area contributed by atoms with Gasteiger partial charge in [0.25, 0.3) is 0 Å². The predicted molar refractivity (Wildman–Crippen MR) is 92.1 cm³/mol. The highest BCUT2D eigenvalue weighted by atomic mass is 79.9. The first kappa shape index (κ1) is 16.4. The summed E-state index contributed by atoms with van der Waals surface area (Å²) in [5.74, 6) is 0.763. The fourth-order valence-electron chi connectivity index (χ4n) is 1.95. The molecule has 0 aliphatic heterocycles. The molecule has 0 saturated heterocycles. The molecule has 0 fully saturated rings. The Labute approximate surface area is 139 Å². The molecule has 22 heavy (non-hydrogen) atoms. The van der Waals surface area contributed by atoms with Crippen LogP contribution in [0.2, 0.25) is 0 Å². The van der Waals surface area contributed by atoms with E-state index in [9.17, 15) is 4.79 Å². The summed E-state index contributed by atoms with van der Waals surface area (Å²) in [7, 11) is 1.63. The van der Waals surface area contributed by atoms with Gasteiger partial charge in [-0.25, -0.2) is 0 Å². The maximum Gasteiger partial charge on any atom is 0.242 e. The average Bonchev–Trinajstić information content (AvgIpc) is 2.55. The Morgan fingerprint density at radius 1 is 1.14 bits per heavy atom. The van der Waals surface area contributed by atoms with Gasteiger partial charge >= 0.3 is 0 Å². The number of anilines is 1. The molecule has 2 rings (SSSR count). The van der Waals surface area contributed by atoms with Crippen LogP contribution in [-0.2, 0) is 11.3 Å². The van der Waals surface area contributed by atoms with Crippen LogP contribution in [0.4, 0.5) is 5.69 Å². The minimum absolute atomic E-state index is 0.0428. The summed E-state index contributed by atoms with van der Waals surface area (Å²) in [5, 5.41) is 6.09. The molecule has 5 heteroatoms. The summed E-state index contributed by atoms with van der Waals surface area (Å²) in [6, 6.07) is 15.1. The van der Waals surface area contributed by atoms with Crippen molar-refractivity contribution in [1.82, 2.24) is 5.32 Å². The van der Waals surface area contributed by atoms with Crippen molar-refractivity contribution in [3.05, 3.63) is 58.6 Å². The molecule has 0 radical (unpaired) electrons. The second kappa shape index (κ2) is 7.84. The van der Waals surface area contributed by atoms with E-state index in [0.29, 0.717) is 6.54 Å². The van der Waals surface area contributed by atoms with Gasteiger partial charge in [-0.15, -0.1) is 0 Å². The molecule has 2 N–H and O–H groups in total. The lowest BCUT2D eigenvalue weighted by Crippen LogP contribution is -2.37. The molecule has 0 unspecified atom stereocenters. The number of hydrogen-bond acceptors (Lipinski definition) is 3. The van der Waals surface area contributed by atoms with Crippen molar-refractivity contribution in [3.63, 3.8) is 0 Å². The van der Waals surface area contributed by atoms with E-state index in [4.69, 9.17) is 4.74 Å². The average molecular weight is 363 g/mol. The van der Waals surface area contributed by atoms with Crippen molar-refractivity contribution in [2.24, 2.45) is 0 Å². The maximum atomic E-state index is 12.1. The van der Waals surface area contributed by atoms with Crippen LogP contribution < -0.4 is 15.4 Å². The molecule has 0 aromatic heterocycles. The van der Waals surface area contributed by atoms with Crippen molar-refractivity contribution in [3.8, 4) is 5.75 Å². The van der Waals surface area contributed by atoms with Gasteiger partial charge in [0.1, 0.15) is 11.8 Å². The summed E-state index contributed by atoms with van der Waals surface area (Å²) < 4.78 is 6.12. The number of hydrogen-bond donors (Lipinski definition) is 2. The Morgan fingerprint density at radius 2 is 1.77 bits per heavy atom. The third-order valence-electron chi connectivity index (χ3n) is 3.25. The van der Waals surface area contributed by atoms with Gasteiger partial charge in [0.15, 0.2) is 0 Å². The van der Waals surface area contributed by atoms with E-state index in [0.717, 1.165) is 21.5 Å². The van der Waals surface area contributed by atoms with Gasteiger partial charge in [-0.05, 0) is 48.9 Å². The fraction of sp³-hybridized carbons (Fsp3) is 0.235. The number of carbonyl (C=O) groups excluding carboxylic acids is 1. The third kappa shape index (κ3) is 4.77. The molecular weight excluding hydrogens is 344 g/mol. The third-order valence-corrected chi connectivity index (χ3v) is 3.78. The van der Waals surface area contributed by atoms with E-state index in [2.05, 4.69) is 26.6 Å². The van der Waals surface area contributed by atoms with Crippen LogP contribution in [0.15, 0.2) is 53.0 Å². The molecule has 2 aromatic carbocycles. The molecule has 0 spiro atoms. The summed E-state index contributed by atoms with van der Waals surface area (Å²) in [4.78, 5) is 12.1. The first-order valence-electron chi connectivity index (χ1n) is 7.01. The van der Waals surface area contributed by atoms with Crippen LogP contribution in [0.25, 0.3) is 0 Å². The van der Waals surface area contributed by atoms with E-state index in [1.165, 1.54) is 0 Å². The Morgan fingerprint density at radius 3 is 2.36 bits per heavy atom. The Kier molecular flexibility index (Phi) is 5.83. The number of benzene rings is 2. The molecular formula is C17H19BrN2O2. The highest BCUT2D eigenvalue weighted by Crippen LogP contribution is 2.15. The van der Waals surface area contributed by atoms with E-state index >= 15 is 0 Å². The van der Waals surface area contributed by atoms with Crippen molar-refractivity contribution >= 4 is 27.5 Å². The van der Waals surface area contributed by atoms with Crippen molar-refractivity contribution in [2.45, 2.75) is 19.5 Å². The minimum Gasteiger partial charge on any atom is -0.497 e. The standard InChI is InChI=1S/C17H19BrN2O2/c1-12(20-15-7-5-14(18)6-8-15)17(21)19-11-13-3-9-16(22-2)10-4-13/h3-10,12,20H,11H2,1-2H3,(H,19,21)/t12-/m1/s1. The van der Waals surface area contributed by atoms with Gasteiger partial charge in [-0.3, -0.25) is 4.79 Å². The molecule has 116 valence electrons. The van der Waals surface area contributed by atoms with Crippen molar-refractivity contribution in [1.29, 1.82) is 0 Å². The lowest BCUT2D eigenvalue weighted by molar-refractivity contribution is -0.121. The number of carbonyl (C=O) groups is 1. The Hall–Kier alpha value is -2.01. The highest BCUT2D eigenvalue weighted by Gasteiger charge is 2.12. The van der Waals surface area contributed by atoms with Crippen LogP contribution in [0, 0.1) is 0 Å². The zero-order valence-electron chi connectivity index (χ0n) is 12.6. The predicted octanol–water partition coefficient (Wildman–Crippen LogP) is 3.57. The number of nitrogens with one attached hydrogen (secondary N) is 2. The normalized spacial score (nSPS) is 11.6. The molecule has 0 bridgehead atoms. The zero-order valence-corrected chi connectivity index (χ0v) is 14.2. The molecule has 0 saturated carbocycles. The van der Waals surface area contributed by atoms with E-state index in [1.807, 2.05) is 55.5 Å². The number of methoxy groups -OCH3 is 1. The summed E-state index contributed by atoms with van der Waals surface area (Å²) in [6.07, 6.45) is 0. The Balaban J connectivity index is 1.84. The molecule has 1 atom stereocenters. The molecule has 0 aliphatic carbocycles. The largest absolute Gasteiger partial charge is 0.497 e. The highest BCUT2D eigenvalue weighted by molar-refractivity contribution is 9.10.